The van der Waals surface area contributed by atoms with E-state index in [0.29, 0.717) is 39.3 Å². The molecular formula is C17H18Cl2N4O3. The van der Waals surface area contributed by atoms with Crippen molar-refractivity contribution in [2.24, 2.45) is 7.05 Å². The van der Waals surface area contributed by atoms with Crippen molar-refractivity contribution in [3.63, 3.8) is 0 Å². The minimum atomic E-state index is -0.472. The van der Waals surface area contributed by atoms with Crippen LogP contribution in [0.15, 0.2) is 27.8 Å². The van der Waals surface area contributed by atoms with Gasteiger partial charge in [-0.25, -0.2) is 9.78 Å². The van der Waals surface area contributed by atoms with Crippen molar-refractivity contribution in [2.45, 2.75) is 32.9 Å². The van der Waals surface area contributed by atoms with Crippen molar-refractivity contribution >= 4 is 34.4 Å². The van der Waals surface area contributed by atoms with Gasteiger partial charge in [0, 0.05) is 24.7 Å². The lowest BCUT2D eigenvalue weighted by Gasteiger charge is -2.08. The monoisotopic (exact) mass is 396 g/mol. The highest BCUT2D eigenvalue weighted by Crippen LogP contribution is 2.28. The molecular weight excluding hydrogens is 379 g/mol. The number of hydrogen-bond acceptors (Lipinski definition) is 4. The number of benzene rings is 1. The zero-order valence-electron chi connectivity index (χ0n) is 14.4. The zero-order valence-corrected chi connectivity index (χ0v) is 15.9. The largest absolute Gasteiger partial charge is 0.484 e. The van der Waals surface area contributed by atoms with Gasteiger partial charge < -0.3 is 9.30 Å². The number of aryl methyl sites for hydroxylation is 2. The molecule has 0 radical (unpaired) electrons. The lowest BCUT2D eigenvalue weighted by Crippen LogP contribution is -2.31. The van der Waals surface area contributed by atoms with Crippen LogP contribution in [0, 0.1) is 0 Å². The van der Waals surface area contributed by atoms with Gasteiger partial charge in [-0.3, -0.25) is 14.3 Å². The van der Waals surface area contributed by atoms with Gasteiger partial charge >= 0.3 is 5.69 Å². The third-order valence-electron chi connectivity index (χ3n) is 4.09. The Labute approximate surface area is 159 Å². The number of unbranched alkanes of at least 4 members (excludes halogenated alkanes) is 1. The Morgan fingerprint density at radius 1 is 1.27 bits per heavy atom. The first-order valence-electron chi connectivity index (χ1n) is 8.18. The molecule has 3 rings (SSSR count). The van der Waals surface area contributed by atoms with Gasteiger partial charge in [0.1, 0.15) is 18.2 Å². The standard InChI is InChI=1S/C17H18Cl2N4O3/c1-3-4-7-23-15-14(16(24)21-17(23)25)22(2)13(20-15)9-26-12-8-10(18)5-6-11(12)19/h5-6,8H,3-4,7,9H2,1-2H3,(H,21,24,25). The highest BCUT2D eigenvalue weighted by molar-refractivity contribution is 6.34. The zero-order chi connectivity index (χ0) is 18.8. The molecule has 0 saturated carbocycles. The molecule has 1 N–H and O–H groups in total. The number of hydrogen-bond donors (Lipinski definition) is 1. The summed E-state index contributed by atoms with van der Waals surface area (Å²) in [6, 6.07) is 4.91. The van der Waals surface area contributed by atoms with E-state index >= 15 is 0 Å². The van der Waals surface area contributed by atoms with E-state index in [9.17, 15) is 9.59 Å². The molecule has 138 valence electrons. The normalized spacial score (nSPS) is 11.2. The van der Waals surface area contributed by atoms with Crippen LogP contribution in [-0.4, -0.2) is 19.1 Å². The van der Waals surface area contributed by atoms with Gasteiger partial charge in [-0.2, -0.15) is 0 Å². The first-order valence-corrected chi connectivity index (χ1v) is 8.94. The van der Waals surface area contributed by atoms with Crippen LogP contribution < -0.4 is 16.0 Å². The Bertz CT molecular complexity index is 1070. The number of imidazole rings is 1. The number of halogens is 2. The van der Waals surface area contributed by atoms with Crippen molar-refractivity contribution in [3.05, 3.63) is 54.9 Å². The average molecular weight is 397 g/mol. The second kappa shape index (κ2) is 7.55. The van der Waals surface area contributed by atoms with E-state index in [2.05, 4.69) is 9.97 Å². The predicted octanol–water partition coefficient (Wildman–Crippen LogP) is 3.11. The van der Waals surface area contributed by atoms with Crippen LogP contribution in [0.1, 0.15) is 25.6 Å². The van der Waals surface area contributed by atoms with Crippen molar-refractivity contribution < 1.29 is 4.74 Å². The molecule has 0 unspecified atom stereocenters. The fourth-order valence-electron chi connectivity index (χ4n) is 2.67. The molecule has 0 saturated heterocycles. The van der Waals surface area contributed by atoms with E-state index in [-0.39, 0.29) is 6.61 Å². The van der Waals surface area contributed by atoms with Crippen molar-refractivity contribution in [3.8, 4) is 5.75 Å². The molecule has 2 heterocycles. The molecule has 0 atom stereocenters. The molecule has 0 aliphatic carbocycles. The van der Waals surface area contributed by atoms with E-state index in [1.165, 1.54) is 4.57 Å². The number of nitrogens with zero attached hydrogens (tertiary/aromatic N) is 3. The molecule has 0 fully saturated rings. The Kier molecular flexibility index (Phi) is 5.38. The van der Waals surface area contributed by atoms with E-state index in [0.717, 1.165) is 12.8 Å². The maximum Gasteiger partial charge on any atom is 0.330 e. The maximum absolute atomic E-state index is 12.2. The average Bonchev–Trinajstić information content (AvgIpc) is 2.92. The summed E-state index contributed by atoms with van der Waals surface area (Å²) in [6.45, 7) is 2.59. The summed E-state index contributed by atoms with van der Waals surface area (Å²) >= 11 is 12.1. The first-order chi connectivity index (χ1) is 12.4. The van der Waals surface area contributed by atoms with Gasteiger partial charge in [-0.05, 0) is 18.6 Å². The number of H-pyrrole nitrogens is 1. The minimum Gasteiger partial charge on any atom is -0.484 e. The quantitative estimate of drug-likeness (QED) is 0.693. The fraction of sp³-hybridized carbons (Fsp3) is 0.353. The lowest BCUT2D eigenvalue weighted by molar-refractivity contribution is 0.292. The molecule has 0 aliphatic rings. The summed E-state index contributed by atoms with van der Waals surface area (Å²) in [5.74, 6) is 0.917. The highest BCUT2D eigenvalue weighted by Gasteiger charge is 2.17. The summed E-state index contributed by atoms with van der Waals surface area (Å²) < 4.78 is 8.81. The molecule has 0 bridgehead atoms. The van der Waals surface area contributed by atoms with Crippen molar-refractivity contribution in [1.82, 2.24) is 19.1 Å². The predicted molar refractivity (Wildman–Crippen MR) is 101 cm³/mol. The van der Waals surface area contributed by atoms with Crippen LogP contribution >= 0.6 is 23.2 Å². The third-order valence-corrected chi connectivity index (χ3v) is 4.64. The molecule has 26 heavy (non-hydrogen) atoms. The third kappa shape index (κ3) is 3.50. The molecule has 7 nitrogen and oxygen atoms in total. The van der Waals surface area contributed by atoms with Gasteiger partial charge in [0.05, 0.1) is 5.02 Å². The van der Waals surface area contributed by atoms with Crippen LogP contribution in [0.4, 0.5) is 0 Å². The second-order valence-electron chi connectivity index (χ2n) is 5.89. The van der Waals surface area contributed by atoms with E-state index < -0.39 is 11.2 Å². The topological polar surface area (TPSA) is 81.9 Å². The van der Waals surface area contributed by atoms with Crippen LogP contribution in [0.2, 0.25) is 10.0 Å². The fourth-order valence-corrected chi connectivity index (χ4v) is 3.01. The lowest BCUT2D eigenvalue weighted by atomic mass is 10.3. The van der Waals surface area contributed by atoms with Crippen molar-refractivity contribution in [1.29, 1.82) is 0 Å². The first kappa shape index (κ1) is 18.5. The number of rotatable bonds is 6. The summed E-state index contributed by atoms with van der Waals surface area (Å²) in [5.41, 5.74) is -0.249. The van der Waals surface area contributed by atoms with E-state index in [1.54, 1.807) is 29.8 Å². The van der Waals surface area contributed by atoms with Crippen LogP contribution in [0.5, 0.6) is 5.75 Å². The van der Waals surface area contributed by atoms with Gasteiger partial charge in [-0.1, -0.05) is 36.5 Å². The number of aromatic nitrogens is 4. The molecule has 0 aliphatic heterocycles. The van der Waals surface area contributed by atoms with E-state index in [1.807, 2.05) is 6.92 Å². The van der Waals surface area contributed by atoms with Gasteiger partial charge in [0.2, 0.25) is 0 Å². The van der Waals surface area contributed by atoms with Crippen LogP contribution in [-0.2, 0) is 20.2 Å². The highest BCUT2D eigenvalue weighted by atomic mass is 35.5. The molecule has 9 heteroatoms. The number of ether oxygens (including phenoxy) is 1. The number of aromatic amines is 1. The molecule has 0 amide bonds. The van der Waals surface area contributed by atoms with E-state index in [4.69, 9.17) is 27.9 Å². The molecule has 2 aromatic heterocycles. The van der Waals surface area contributed by atoms with Crippen LogP contribution in [0.25, 0.3) is 11.2 Å². The summed E-state index contributed by atoms with van der Waals surface area (Å²) in [4.78, 5) is 31.2. The van der Waals surface area contributed by atoms with Gasteiger partial charge in [-0.15, -0.1) is 0 Å². The van der Waals surface area contributed by atoms with Gasteiger partial charge in [0.25, 0.3) is 5.56 Å². The van der Waals surface area contributed by atoms with Gasteiger partial charge in [0.15, 0.2) is 11.2 Å². The Morgan fingerprint density at radius 2 is 2.04 bits per heavy atom. The number of nitrogens with one attached hydrogen (secondary N) is 1. The smallest absolute Gasteiger partial charge is 0.330 e. The maximum atomic E-state index is 12.2. The molecule has 0 spiro atoms. The Morgan fingerprint density at radius 3 is 2.77 bits per heavy atom. The van der Waals surface area contributed by atoms with Crippen molar-refractivity contribution in [2.75, 3.05) is 0 Å². The Hall–Kier alpha value is -2.25. The minimum absolute atomic E-state index is 0.0760. The second-order valence-corrected chi connectivity index (χ2v) is 6.73. The van der Waals surface area contributed by atoms with Crippen LogP contribution in [0.3, 0.4) is 0 Å². The molecule has 1 aromatic carbocycles. The summed E-state index contributed by atoms with van der Waals surface area (Å²) in [7, 11) is 1.71. The molecule has 3 aromatic rings. The summed E-state index contributed by atoms with van der Waals surface area (Å²) in [5, 5.41) is 0.921. The SMILES string of the molecule is CCCCn1c(=O)[nH]c(=O)c2c1nc(COc1cc(Cl)ccc1Cl)n2C. The Balaban J connectivity index is 2.00. The number of fused-ring (bicyclic) bond motifs is 1. The summed E-state index contributed by atoms with van der Waals surface area (Å²) in [6.07, 6.45) is 1.73.